The third kappa shape index (κ3) is 5.33. The van der Waals surface area contributed by atoms with E-state index in [1.54, 1.807) is 0 Å². The van der Waals surface area contributed by atoms with Crippen LogP contribution in [0.4, 0.5) is 5.69 Å². The van der Waals surface area contributed by atoms with Crippen molar-refractivity contribution in [1.82, 2.24) is 10.2 Å². The van der Waals surface area contributed by atoms with Crippen LogP contribution in [0.1, 0.15) is 45.7 Å². The lowest BCUT2D eigenvalue weighted by molar-refractivity contribution is 0.373. The molecule has 0 aliphatic rings. The third-order valence-corrected chi connectivity index (χ3v) is 3.99. The van der Waals surface area contributed by atoms with Crippen molar-refractivity contribution in [2.24, 2.45) is 0 Å². The van der Waals surface area contributed by atoms with Gasteiger partial charge < -0.3 is 15.1 Å². The molecule has 2 unspecified atom stereocenters. The van der Waals surface area contributed by atoms with Crippen LogP contribution in [0.5, 0.6) is 0 Å². The average molecular weight is 291 g/mol. The van der Waals surface area contributed by atoms with Crippen LogP contribution in [0.15, 0.2) is 24.3 Å². The molecular formula is C18H33N3. The number of hydrogen-bond donors (Lipinski definition) is 1. The van der Waals surface area contributed by atoms with Crippen LogP contribution in [-0.2, 0) is 0 Å². The molecule has 3 nitrogen and oxygen atoms in total. The molecule has 21 heavy (non-hydrogen) atoms. The quantitative estimate of drug-likeness (QED) is 0.751. The number of nitrogens with zero attached hydrogens (tertiary/aromatic N) is 2. The van der Waals surface area contributed by atoms with E-state index in [2.05, 4.69) is 81.2 Å². The van der Waals surface area contributed by atoms with E-state index in [0.29, 0.717) is 12.1 Å². The topological polar surface area (TPSA) is 18.5 Å². The Kier molecular flexibility index (Phi) is 7.76. The first-order valence-corrected chi connectivity index (χ1v) is 8.28. The maximum absolute atomic E-state index is 3.54. The largest absolute Gasteiger partial charge is 0.368 e. The van der Waals surface area contributed by atoms with Crippen LogP contribution in [0, 0.1) is 0 Å². The fraction of sp³-hybridized carbons (Fsp3) is 0.667. The van der Waals surface area contributed by atoms with Gasteiger partial charge in [0, 0.05) is 30.9 Å². The third-order valence-electron chi connectivity index (χ3n) is 3.99. The second kappa shape index (κ2) is 9.06. The van der Waals surface area contributed by atoms with Crippen LogP contribution >= 0.6 is 0 Å². The number of hydrogen-bond acceptors (Lipinski definition) is 3. The lowest BCUT2D eigenvalue weighted by Gasteiger charge is -2.32. The molecule has 0 amide bonds. The van der Waals surface area contributed by atoms with Crippen molar-refractivity contribution in [3.05, 3.63) is 29.8 Å². The molecule has 0 heterocycles. The predicted octanol–water partition coefficient (Wildman–Crippen LogP) is 3.52. The van der Waals surface area contributed by atoms with Gasteiger partial charge in [0.2, 0.25) is 0 Å². The minimum atomic E-state index is 0.471. The molecule has 0 bridgehead atoms. The molecule has 0 aliphatic heterocycles. The molecule has 1 rings (SSSR count). The molecule has 0 radical (unpaired) electrons. The van der Waals surface area contributed by atoms with Gasteiger partial charge in [-0.15, -0.1) is 0 Å². The average Bonchev–Trinajstić information content (AvgIpc) is 2.45. The smallest absolute Gasteiger partial charge is 0.0388 e. The van der Waals surface area contributed by atoms with Gasteiger partial charge in [-0.1, -0.05) is 26.0 Å². The molecule has 120 valence electrons. The van der Waals surface area contributed by atoms with Gasteiger partial charge in [0.15, 0.2) is 0 Å². The highest BCUT2D eigenvalue weighted by Gasteiger charge is 2.14. The molecule has 1 N–H and O–H groups in total. The van der Waals surface area contributed by atoms with Crippen molar-refractivity contribution in [2.75, 3.05) is 38.6 Å². The van der Waals surface area contributed by atoms with E-state index < -0.39 is 0 Å². The Morgan fingerprint density at radius 2 is 1.67 bits per heavy atom. The van der Waals surface area contributed by atoms with Gasteiger partial charge in [0.05, 0.1) is 0 Å². The van der Waals surface area contributed by atoms with Crippen LogP contribution in [-0.4, -0.2) is 44.7 Å². The summed E-state index contributed by atoms with van der Waals surface area (Å²) in [5.41, 5.74) is 2.71. The summed E-state index contributed by atoms with van der Waals surface area (Å²) in [6.07, 6.45) is 1.13. The van der Waals surface area contributed by atoms with Gasteiger partial charge in [-0.05, 0) is 58.6 Å². The van der Waals surface area contributed by atoms with Gasteiger partial charge >= 0.3 is 0 Å². The first-order valence-electron chi connectivity index (χ1n) is 8.28. The second-order valence-corrected chi connectivity index (χ2v) is 6.01. The molecule has 1 aromatic rings. The maximum Gasteiger partial charge on any atom is 0.0388 e. The fourth-order valence-electron chi connectivity index (χ4n) is 3.02. The summed E-state index contributed by atoms with van der Waals surface area (Å²) >= 11 is 0. The number of rotatable bonds is 9. The molecule has 0 aromatic heterocycles. The van der Waals surface area contributed by atoms with Crippen LogP contribution in [0.2, 0.25) is 0 Å². The van der Waals surface area contributed by atoms with E-state index in [1.165, 1.54) is 11.3 Å². The first kappa shape index (κ1) is 18.0. The van der Waals surface area contributed by atoms with Crippen molar-refractivity contribution in [3.8, 4) is 0 Å². The lowest BCUT2D eigenvalue weighted by atomic mass is 10.0. The molecule has 0 spiro atoms. The standard InChI is InChI=1S/C18H33N3/c1-7-18(19-8-2)16-10-12-17(13-11-16)21(9-3)15(4)14-20(5)6/h10-13,15,18-19H,7-9,14H2,1-6H3. The van der Waals surface area contributed by atoms with E-state index in [0.717, 1.165) is 26.1 Å². The van der Waals surface area contributed by atoms with Crippen LogP contribution < -0.4 is 10.2 Å². The summed E-state index contributed by atoms with van der Waals surface area (Å²) in [7, 11) is 4.27. The highest BCUT2D eigenvalue weighted by molar-refractivity contribution is 5.49. The molecule has 0 aliphatic carbocycles. The number of benzene rings is 1. The summed E-state index contributed by atoms with van der Waals surface area (Å²) < 4.78 is 0. The van der Waals surface area contributed by atoms with E-state index in [-0.39, 0.29) is 0 Å². The Bertz CT molecular complexity index is 386. The van der Waals surface area contributed by atoms with Crippen LogP contribution in [0.25, 0.3) is 0 Å². The van der Waals surface area contributed by atoms with Gasteiger partial charge in [-0.2, -0.15) is 0 Å². The Balaban J connectivity index is 2.83. The zero-order chi connectivity index (χ0) is 15.8. The summed E-state index contributed by atoms with van der Waals surface area (Å²) in [4.78, 5) is 4.72. The van der Waals surface area contributed by atoms with Gasteiger partial charge in [0.25, 0.3) is 0 Å². The maximum atomic E-state index is 3.54. The molecule has 1 aromatic carbocycles. The minimum Gasteiger partial charge on any atom is -0.368 e. The molecular weight excluding hydrogens is 258 g/mol. The highest BCUT2D eigenvalue weighted by Crippen LogP contribution is 2.22. The fourth-order valence-corrected chi connectivity index (χ4v) is 3.02. The Labute approximate surface area is 131 Å². The molecule has 3 heteroatoms. The van der Waals surface area contributed by atoms with Crippen molar-refractivity contribution in [3.63, 3.8) is 0 Å². The van der Waals surface area contributed by atoms with Crippen molar-refractivity contribution in [1.29, 1.82) is 0 Å². The minimum absolute atomic E-state index is 0.471. The first-order chi connectivity index (χ1) is 10.0. The van der Waals surface area contributed by atoms with E-state index in [9.17, 15) is 0 Å². The van der Waals surface area contributed by atoms with Gasteiger partial charge in [-0.3, -0.25) is 0 Å². The van der Waals surface area contributed by atoms with Crippen molar-refractivity contribution in [2.45, 2.75) is 46.2 Å². The van der Waals surface area contributed by atoms with Crippen molar-refractivity contribution < 1.29 is 0 Å². The summed E-state index contributed by atoms with van der Waals surface area (Å²) in [6.45, 7) is 12.1. The van der Waals surface area contributed by atoms with Gasteiger partial charge in [0.1, 0.15) is 0 Å². The Morgan fingerprint density at radius 3 is 2.10 bits per heavy atom. The summed E-state index contributed by atoms with van der Waals surface area (Å²) in [5.74, 6) is 0. The SMILES string of the molecule is CCNC(CC)c1ccc(N(CC)C(C)CN(C)C)cc1. The summed E-state index contributed by atoms with van der Waals surface area (Å²) in [6, 6.07) is 10.1. The van der Waals surface area contributed by atoms with Crippen molar-refractivity contribution >= 4 is 5.69 Å². The second-order valence-electron chi connectivity index (χ2n) is 6.01. The van der Waals surface area contributed by atoms with E-state index in [4.69, 9.17) is 0 Å². The Morgan fingerprint density at radius 1 is 1.05 bits per heavy atom. The lowest BCUT2D eigenvalue weighted by Crippen LogP contribution is -2.40. The summed E-state index contributed by atoms with van der Waals surface area (Å²) in [5, 5.41) is 3.54. The molecule has 0 saturated heterocycles. The highest BCUT2D eigenvalue weighted by atomic mass is 15.2. The van der Waals surface area contributed by atoms with Crippen LogP contribution in [0.3, 0.4) is 0 Å². The predicted molar refractivity (Wildman–Crippen MR) is 94.2 cm³/mol. The molecule has 2 atom stereocenters. The molecule has 0 saturated carbocycles. The zero-order valence-electron chi connectivity index (χ0n) is 14.7. The van der Waals surface area contributed by atoms with E-state index >= 15 is 0 Å². The number of anilines is 1. The normalized spacial score (nSPS) is 14.2. The zero-order valence-corrected chi connectivity index (χ0v) is 14.7. The van der Waals surface area contributed by atoms with E-state index in [1.807, 2.05) is 0 Å². The monoisotopic (exact) mass is 291 g/mol. The Hall–Kier alpha value is -1.06. The van der Waals surface area contributed by atoms with Gasteiger partial charge in [-0.25, -0.2) is 0 Å². The number of nitrogens with one attached hydrogen (secondary N) is 1. The molecule has 0 fully saturated rings. The number of likely N-dealkylation sites (N-methyl/N-ethyl adjacent to an activating group) is 2.